The number of ether oxygens (including phenoxy) is 1. The van der Waals surface area contributed by atoms with Gasteiger partial charge in [-0.15, -0.1) is 0 Å². The highest BCUT2D eigenvalue weighted by Crippen LogP contribution is 2.25. The molecule has 1 atom stereocenters. The number of hydrogen-bond donors (Lipinski definition) is 2. The lowest BCUT2D eigenvalue weighted by Gasteiger charge is -2.12. The van der Waals surface area contributed by atoms with E-state index in [1.807, 2.05) is 6.92 Å². The van der Waals surface area contributed by atoms with Crippen LogP contribution in [0.1, 0.15) is 25.0 Å². The van der Waals surface area contributed by atoms with E-state index in [0.29, 0.717) is 17.9 Å². The van der Waals surface area contributed by atoms with Crippen molar-refractivity contribution < 1.29 is 19.7 Å². The number of para-hydroxylation sites is 1. The van der Waals surface area contributed by atoms with Crippen LogP contribution in [-0.4, -0.2) is 22.8 Å². The van der Waals surface area contributed by atoms with Crippen molar-refractivity contribution in [2.45, 2.75) is 19.4 Å². The number of rotatable bonds is 5. The molecule has 0 bridgehead atoms. The summed E-state index contributed by atoms with van der Waals surface area (Å²) in [5, 5.41) is 18.1. The zero-order valence-electron chi connectivity index (χ0n) is 8.51. The zero-order chi connectivity index (χ0) is 11.3. The lowest BCUT2D eigenvalue weighted by atomic mass is 10.1. The number of benzene rings is 1. The monoisotopic (exact) mass is 210 g/mol. The first-order valence-corrected chi connectivity index (χ1v) is 4.79. The van der Waals surface area contributed by atoms with Crippen LogP contribution in [0.2, 0.25) is 0 Å². The molecule has 1 aromatic carbocycles. The van der Waals surface area contributed by atoms with Crippen molar-refractivity contribution >= 4 is 5.97 Å². The van der Waals surface area contributed by atoms with Crippen molar-refractivity contribution in [3.05, 3.63) is 29.8 Å². The molecule has 0 aliphatic rings. The molecule has 0 aliphatic carbocycles. The largest absolute Gasteiger partial charge is 0.493 e. The SMILES string of the molecule is CCCOc1ccccc1[C@H](O)C(=O)O. The van der Waals surface area contributed by atoms with E-state index in [9.17, 15) is 9.90 Å². The van der Waals surface area contributed by atoms with Crippen LogP contribution >= 0.6 is 0 Å². The quantitative estimate of drug-likeness (QED) is 0.774. The molecular formula is C11H14O4. The Labute approximate surface area is 88.1 Å². The molecule has 0 aliphatic heterocycles. The van der Waals surface area contributed by atoms with Gasteiger partial charge in [-0.05, 0) is 12.5 Å². The maximum atomic E-state index is 10.6. The molecule has 0 spiro atoms. The van der Waals surface area contributed by atoms with Crippen molar-refractivity contribution in [3.63, 3.8) is 0 Å². The highest BCUT2D eigenvalue weighted by Gasteiger charge is 2.19. The number of hydrogen-bond acceptors (Lipinski definition) is 3. The van der Waals surface area contributed by atoms with E-state index in [1.165, 1.54) is 0 Å². The Morgan fingerprint density at radius 3 is 2.73 bits per heavy atom. The van der Waals surface area contributed by atoms with E-state index in [0.717, 1.165) is 6.42 Å². The summed E-state index contributed by atoms with van der Waals surface area (Å²) in [6, 6.07) is 6.60. The van der Waals surface area contributed by atoms with Crippen molar-refractivity contribution in [1.82, 2.24) is 0 Å². The minimum Gasteiger partial charge on any atom is -0.493 e. The molecule has 4 nitrogen and oxygen atoms in total. The number of aliphatic hydroxyl groups excluding tert-OH is 1. The second-order valence-corrected chi connectivity index (χ2v) is 3.13. The van der Waals surface area contributed by atoms with Crippen LogP contribution in [0.4, 0.5) is 0 Å². The molecular weight excluding hydrogens is 196 g/mol. The summed E-state index contributed by atoms with van der Waals surface area (Å²) in [6.45, 7) is 2.46. The second-order valence-electron chi connectivity index (χ2n) is 3.13. The molecule has 82 valence electrons. The average Bonchev–Trinajstić information content (AvgIpc) is 2.25. The van der Waals surface area contributed by atoms with E-state index in [-0.39, 0.29) is 0 Å². The first-order valence-electron chi connectivity index (χ1n) is 4.79. The third-order valence-electron chi connectivity index (χ3n) is 1.91. The Morgan fingerprint density at radius 2 is 2.13 bits per heavy atom. The predicted molar refractivity (Wildman–Crippen MR) is 54.8 cm³/mol. The van der Waals surface area contributed by atoms with E-state index >= 15 is 0 Å². The predicted octanol–water partition coefficient (Wildman–Crippen LogP) is 1.59. The Morgan fingerprint density at radius 1 is 1.47 bits per heavy atom. The third kappa shape index (κ3) is 2.95. The molecule has 0 aromatic heterocycles. The summed E-state index contributed by atoms with van der Waals surface area (Å²) in [5.74, 6) is -0.850. The van der Waals surface area contributed by atoms with Gasteiger partial charge in [0.05, 0.1) is 6.61 Å². The maximum absolute atomic E-state index is 10.6. The zero-order valence-corrected chi connectivity index (χ0v) is 8.51. The van der Waals surface area contributed by atoms with Crippen molar-refractivity contribution in [2.75, 3.05) is 6.61 Å². The highest BCUT2D eigenvalue weighted by molar-refractivity contribution is 5.75. The van der Waals surface area contributed by atoms with Gasteiger partial charge in [-0.3, -0.25) is 0 Å². The standard InChI is InChI=1S/C11H14O4/c1-2-7-15-9-6-4-3-5-8(9)10(12)11(13)14/h3-6,10,12H,2,7H2,1H3,(H,13,14)/t10-/m0/s1. The van der Waals surface area contributed by atoms with Gasteiger partial charge in [0, 0.05) is 5.56 Å². The van der Waals surface area contributed by atoms with Crippen LogP contribution in [-0.2, 0) is 4.79 Å². The maximum Gasteiger partial charge on any atom is 0.337 e. The van der Waals surface area contributed by atoms with Crippen molar-refractivity contribution in [1.29, 1.82) is 0 Å². The summed E-state index contributed by atoms with van der Waals surface area (Å²) in [7, 11) is 0. The summed E-state index contributed by atoms with van der Waals surface area (Å²) in [4.78, 5) is 10.6. The van der Waals surface area contributed by atoms with Gasteiger partial charge in [0.15, 0.2) is 6.10 Å². The van der Waals surface area contributed by atoms with Gasteiger partial charge in [-0.25, -0.2) is 4.79 Å². The van der Waals surface area contributed by atoms with Crippen LogP contribution < -0.4 is 4.74 Å². The fraction of sp³-hybridized carbons (Fsp3) is 0.364. The van der Waals surface area contributed by atoms with Crippen molar-refractivity contribution in [3.8, 4) is 5.75 Å². The molecule has 0 saturated carbocycles. The van der Waals surface area contributed by atoms with Gasteiger partial charge in [-0.1, -0.05) is 25.1 Å². The highest BCUT2D eigenvalue weighted by atomic mass is 16.5. The Balaban J connectivity index is 2.90. The van der Waals surface area contributed by atoms with Gasteiger partial charge >= 0.3 is 5.97 Å². The molecule has 15 heavy (non-hydrogen) atoms. The fourth-order valence-corrected chi connectivity index (χ4v) is 1.18. The van der Waals surface area contributed by atoms with Crippen LogP contribution in [0.15, 0.2) is 24.3 Å². The van der Waals surface area contributed by atoms with E-state index in [2.05, 4.69) is 0 Å². The number of carbonyl (C=O) groups is 1. The van der Waals surface area contributed by atoms with E-state index in [4.69, 9.17) is 9.84 Å². The van der Waals surface area contributed by atoms with E-state index < -0.39 is 12.1 Å². The molecule has 4 heteroatoms. The fourth-order valence-electron chi connectivity index (χ4n) is 1.18. The molecule has 0 radical (unpaired) electrons. The van der Waals surface area contributed by atoms with Crippen LogP contribution in [0.3, 0.4) is 0 Å². The molecule has 1 aromatic rings. The number of aliphatic hydroxyl groups is 1. The van der Waals surface area contributed by atoms with Crippen LogP contribution in [0.5, 0.6) is 5.75 Å². The Hall–Kier alpha value is -1.55. The summed E-state index contributed by atoms with van der Waals surface area (Å²) >= 11 is 0. The first kappa shape index (κ1) is 11.5. The number of aliphatic carboxylic acids is 1. The Bertz CT molecular complexity index is 335. The molecule has 0 heterocycles. The first-order chi connectivity index (χ1) is 7.16. The minimum atomic E-state index is -1.53. The van der Waals surface area contributed by atoms with Crippen LogP contribution in [0, 0.1) is 0 Å². The number of carboxylic acids is 1. The lowest BCUT2D eigenvalue weighted by Crippen LogP contribution is -2.12. The van der Waals surface area contributed by atoms with Gasteiger partial charge in [0.25, 0.3) is 0 Å². The molecule has 1 rings (SSSR count). The molecule has 0 saturated heterocycles. The lowest BCUT2D eigenvalue weighted by molar-refractivity contribution is -0.147. The third-order valence-corrected chi connectivity index (χ3v) is 1.91. The minimum absolute atomic E-state index is 0.290. The normalized spacial score (nSPS) is 12.1. The summed E-state index contributed by atoms with van der Waals surface area (Å²) < 4.78 is 5.33. The molecule has 0 unspecified atom stereocenters. The van der Waals surface area contributed by atoms with Crippen LogP contribution in [0.25, 0.3) is 0 Å². The van der Waals surface area contributed by atoms with Gasteiger partial charge in [-0.2, -0.15) is 0 Å². The average molecular weight is 210 g/mol. The van der Waals surface area contributed by atoms with E-state index in [1.54, 1.807) is 24.3 Å². The Kier molecular flexibility index (Phi) is 4.12. The van der Waals surface area contributed by atoms with Gasteiger partial charge < -0.3 is 14.9 Å². The topological polar surface area (TPSA) is 66.8 Å². The van der Waals surface area contributed by atoms with Gasteiger partial charge in [0.1, 0.15) is 5.75 Å². The smallest absolute Gasteiger partial charge is 0.337 e. The van der Waals surface area contributed by atoms with Gasteiger partial charge in [0.2, 0.25) is 0 Å². The second kappa shape index (κ2) is 5.36. The molecule has 0 fully saturated rings. The molecule has 2 N–H and O–H groups in total. The summed E-state index contributed by atoms with van der Waals surface area (Å²) in [5.41, 5.74) is 0.290. The summed E-state index contributed by atoms with van der Waals surface area (Å²) in [6.07, 6.45) is -0.699. The molecule has 0 amide bonds. The van der Waals surface area contributed by atoms with Crippen molar-refractivity contribution in [2.24, 2.45) is 0 Å². The number of carboxylic acid groups (broad SMARTS) is 1.